The summed E-state index contributed by atoms with van der Waals surface area (Å²) < 4.78 is 5.62. The molecule has 0 aromatic rings. The zero-order valence-electron chi connectivity index (χ0n) is 7.10. The van der Waals surface area contributed by atoms with Crippen molar-refractivity contribution in [2.45, 2.75) is 45.6 Å². The van der Waals surface area contributed by atoms with Crippen molar-refractivity contribution in [1.82, 2.24) is 0 Å². The second kappa shape index (κ2) is 3.97. The Morgan fingerprint density at radius 3 is 2.70 bits per heavy atom. The molecule has 0 aromatic carbocycles. The molecule has 0 spiro atoms. The average Bonchev–Trinajstić information content (AvgIpc) is 2.31. The highest BCUT2D eigenvalue weighted by Gasteiger charge is 2.20. The first-order chi connectivity index (χ1) is 4.83. The Kier molecular flexibility index (Phi) is 3.20. The van der Waals surface area contributed by atoms with Crippen LogP contribution in [0.15, 0.2) is 0 Å². The number of hydrogen-bond acceptors (Lipinski definition) is 1. The molecule has 2 atom stereocenters. The first-order valence-corrected chi connectivity index (χ1v) is 4.44. The molecule has 0 radical (unpaired) electrons. The second-order valence-electron chi connectivity index (χ2n) is 3.41. The van der Waals surface area contributed by atoms with Gasteiger partial charge in [-0.1, -0.05) is 13.8 Å². The monoisotopic (exact) mass is 142 g/mol. The smallest absolute Gasteiger partial charge is 0.0577 e. The molecule has 1 rings (SSSR count). The van der Waals surface area contributed by atoms with Gasteiger partial charge in [-0.25, -0.2) is 0 Å². The summed E-state index contributed by atoms with van der Waals surface area (Å²) in [6.07, 6.45) is 5.70. The van der Waals surface area contributed by atoms with Crippen molar-refractivity contribution in [2.24, 2.45) is 5.92 Å². The summed E-state index contributed by atoms with van der Waals surface area (Å²) in [5.74, 6) is 0.904. The van der Waals surface area contributed by atoms with Gasteiger partial charge >= 0.3 is 0 Å². The van der Waals surface area contributed by atoms with E-state index in [1.54, 1.807) is 0 Å². The van der Waals surface area contributed by atoms with Crippen LogP contribution in [0.25, 0.3) is 0 Å². The predicted molar refractivity (Wildman–Crippen MR) is 43.0 cm³/mol. The molecule has 0 N–H and O–H groups in total. The van der Waals surface area contributed by atoms with Crippen LogP contribution in [0.5, 0.6) is 0 Å². The SMILES string of the molecule is CCCOC1CCC(C)C1. The quantitative estimate of drug-likeness (QED) is 0.588. The maximum absolute atomic E-state index is 5.62. The van der Waals surface area contributed by atoms with Gasteiger partial charge in [0.1, 0.15) is 0 Å². The molecule has 1 saturated carbocycles. The molecule has 1 nitrogen and oxygen atoms in total. The van der Waals surface area contributed by atoms with Gasteiger partial charge in [-0.3, -0.25) is 0 Å². The molecule has 0 saturated heterocycles. The minimum Gasteiger partial charge on any atom is -0.378 e. The maximum Gasteiger partial charge on any atom is 0.0577 e. The Hall–Kier alpha value is -0.0400. The highest BCUT2D eigenvalue weighted by molar-refractivity contribution is 4.72. The van der Waals surface area contributed by atoms with Crippen molar-refractivity contribution in [3.8, 4) is 0 Å². The van der Waals surface area contributed by atoms with Gasteiger partial charge in [0.05, 0.1) is 6.10 Å². The van der Waals surface area contributed by atoms with Gasteiger partial charge in [0.25, 0.3) is 0 Å². The lowest BCUT2D eigenvalue weighted by Crippen LogP contribution is -2.08. The first-order valence-electron chi connectivity index (χ1n) is 4.44. The van der Waals surface area contributed by atoms with Crippen molar-refractivity contribution in [2.75, 3.05) is 6.61 Å². The van der Waals surface area contributed by atoms with Crippen LogP contribution in [0.2, 0.25) is 0 Å². The highest BCUT2D eigenvalue weighted by Crippen LogP contribution is 2.26. The number of hydrogen-bond donors (Lipinski definition) is 0. The van der Waals surface area contributed by atoms with E-state index in [1.807, 2.05) is 0 Å². The summed E-state index contributed by atoms with van der Waals surface area (Å²) in [5, 5.41) is 0. The normalized spacial score (nSPS) is 33.0. The molecule has 0 bridgehead atoms. The number of rotatable bonds is 3. The van der Waals surface area contributed by atoms with E-state index in [9.17, 15) is 0 Å². The van der Waals surface area contributed by atoms with Crippen LogP contribution < -0.4 is 0 Å². The molecule has 0 aromatic heterocycles. The molecule has 1 aliphatic rings. The fourth-order valence-electron chi connectivity index (χ4n) is 1.59. The summed E-state index contributed by atoms with van der Waals surface area (Å²) in [5.41, 5.74) is 0. The molecule has 1 aliphatic carbocycles. The van der Waals surface area contributed by atoms with E-state index in [4.69, 9.17) is 4.74 Å². The molecule has 0 heterocycles. The summed E-state index contributed by atoms with van der Waals surface area (Å²) >= 11 is 0. The maximum atomic E-state index is 5.62. The molecule has 0 aliphatic heterocycles. The van der Waals surface area contributed by atoms with Gasteiger partial charge in [0.15, 0.2) is 0 Å². The van der Waals surface area contributed by atoms with Crippen molar-refractivity contribution in [3.63, 3.8) is 0 Å². The zero-order valence-corrected chi connectivity index (χ0v) is 7.10. The second-order valence-corrected chi connectivity index (χ2v) is 3.41. The lowest BCUT2D eigenvalue weighted by molar-refractivity contribution is 0.0566. The van der Waals surface area contributed by atoms with Crippen LogP contribution in [0.3, 0.4) is 0 Å². The van der Waals surface area contributed by atoms with Crippen LogP contribution >= 0.6 is 0 Å². The van der Waals surface area contributed by atoms with Gasteiger partial charge in [-0.2, -0.15) is 0 Å². The third kappa shape index (κ3) is 2.30. The zero-order chi connectivity index (χ0) is 7.40. The third-order valence-corrected chi connectivity index (χ3v) is 2.20. The average molecular weight is 142 g/mol. The Morgan fingerprint density at radius 1 is 1.40 bits per heavy atom. The Bertz CT molecular complexity index is 90.7. The van der Waals surface area contributed by atoms with E-state index in [0.717, 1.165) is 18.9 Å². The van der Waals surface area contributed by atoms with Crippen LogP contribution in [0.1, 0.15) is 39.5 Å². The fraction of sp³-hybridized carbons (Fsp3) is 1.00. The fourth-order valence-corrected chi connectivity index (χ4v) is 1.59. The summed E-state index contributed by atoms with van der Waals surface area (Å²) in [7, 11) is 0. The van der Waals surface area contributed by atoms with Crippen molar-refractivity contribution in [1.29, 1.82) is 0 Å². The molecule has 2 unspecified atom stereocenters. The van der Waals surface area contributed by atoms with E-state index in [2.05, 4.69) is 13.8 Å². The molecular formula is C9H18O. The lowest BCUT2D eigenvalue weighted by Gasteiger charge is -2.09. The van der Waals surface area contributed by atoms with Gasteiger partial charge in [-0.05, 0) is 31.6 Å². The molecular weight excluding hydrogens is 124 g/mol. The van der Waals surface area contributed by atoms with Gasteiger partial charge in [-0.15, -0.1) is 0 Å². The summed E-state index contributed by atoms with van der Waals surface area (Å²) in [6.45, 7) is 5.44. The van der Waals surface area contributed by atoms with E-state index >= 15 is 0 Å². The highest BCUT2D eigenvalue weighted by atomic mass is 16.5. The van der Waals surface area contributed by atoms with E-state index in [1.165, 1.54) is 19.3 Å². The Labute approximate surface area is 63.8 Å². The van der Waals surface area contributed by atoms with Crippen LogP contribution in [-0.2, 0) is 4.74 Å². The predicted octanol–water partition coefficient (Wildman–Crippen LogP) is 2.60. The minimum absolute atomic E-state index is 0.593. The lowest BCUT2D eigenvalue weighted by atomic mass is 10.1. The van der Waals surface area contributed by atoms with E-state index in [0.29, 0.717) is 6.10 Å². The van der Waals surface area contributed by atoms with Crippen LogP contribution in [-0.4, -0.2) is 12.7 Å². The van der Waals surface area contributed by atoms with Gasteiger partial charge in [0.2, 0.25) is 0 Å². The van der Waals surface area contributed by atoms with E-state index in [-0.39, 0.29) is 0 Å². The summed E-state index contributed by atoms with van der Waals surface area (Å²) in [6, 6.07) is 0. The van der Waals surface area contributed by atoms with Crippen LogP contribution in [0.4, 0.5) is 0 Å². The summed E-state index contributed by atoms with van der Waals surface area (Å²) in [4.78, 5) is 0. The molecule has 1 heteroatoms. The van der Waals surface area contributed by atoms with Gasteiger partial charge < -0.3 is 4.74 Å². The molecule has 1 fully saturated rings. The third-order valence-electron chi connectivity index (χ3n) is 2.20. The Balaban J connectivity index is 2.06. The van der Waals surface area contributed by atoms with Crippen molar-refractivity contribution >= 4 is 0 Å². The molecule has 60 valence electrons. The standard InChI is InChI=1S/C9H18O/c1-3-6-10-9-5-4-8(2)7-9/h8-9H,3-7H2,1-2H3. The van der Waals surface area contributed by atoms with E-state index < -0.39 is 0 Å². The van der Waals surface area contributed by atoms with Gasteiger partial charge in [0, 0.05) is 6.61 Å². The number of ether oxygens (including phenoxy) is 1. The largest absolute Gasteiger partial charge is 0.378 e. The topological polar surface area (TPSA) is 9.23 Å². The minimum atomic E-state index is 0.593. The van der Waals surface area contributed by atoms with Crippen molar-refractivity contribution < 1.29 is 4.74 Å². The Morgan fingerprint density at radius 2 is 2.20 bits per heavy atom. The van der Waals surface area contributed by atoms with Crippen molar-refractivity contribution in [3.05, 3.63) is 0 Å². The molecule has 10 heavy (non-hydrogen) atoms. The molecule has 0 amide bonds. The first kappa shape index (κ1) is 8.06. The van der Waals surface area contributed by atoms with Crippen LogP contribution in [0, 0.1) is 5.92 Å².